The van der Waals surface area contributed by atoms with Crippen LogP contribution in [0.2, 0.25) is 0 Å². The normalized spacial score (nSPS) is 19.8. The van der Waals surface area contributed by atoms with Crippen molar-refractivity contribution in [2.45, 2.75) is 65.5 Å². The van der Waals surface area contributed by atoms with Crippen molar-refractivity contribution in [1.82, 2.24) is 15.1 Å². The van der Waals surface area contributed by atoms with Gasteiger partial charge in [0.1, 0.15) is 0 Å². The van der Waals surface area contributed by atoms with Crippen LogP contribution in [0.1, 0.15) is 69.8 Å². The van der Waals surface area contributed by atoms with E-state index in [1.807, 2.05) is 29.1 Å². The summed E-state index contributed by atoms with van der Waals surface area (Å²) in [5.41, 5.74) is 2.82. The van der Waals surface area contributed by atoms with E-state index in [4.69, 9.17) is 0 Å². The molecular weight excluding hydrogens is 336 g/mol. The van der Waals surface area contributed by atoms with Crippen molar-refractivity contribution in [3.05, 3.63) is 47.8 Å². The molecular formula is C22H32N4O. The molecule has 2 N–H and O–H groups in total. The van der Waals surface area contributed by atoms with Crippen LogP contribution in [0.25, 0.3) is 0 Å². The molecule has 27 heavy (non-hydrogen) atoms. The minimum atomic E-state index is -0.107. The second-order valence-electron chi connectivity index (χ2n) is 9.81. The fraction of sp³-hybridized carbons (Fsp3) is 0.545. The highest BCUT2D eigenvalue weighted by Crippen LogP contribution is 2.41. The van der Waals surface area contributed by atoms with Crippen LogP contribution in [0.4, 0.5) is 5.69 Å². The Morgan fingerprint density at radius 2 is 1.96 bits per heavy atom. The molecule has 1 aliphatic rings. The second-order valence-corrected chi connectivity index (χ2v) is 9.81. The van der Waals surface area contributed by atoms with Crippen molar-refractivity contribution in [2.75, 3.05) is 11.9 Å². The number of hydrogen-bond acceptors (Lipinski definition) is 3. The van der Waals surface area contributed by atoms with E-state index >= 15 is 0 Å². The number of aromatic nitrogens is 2. The quantitative estimate of drug-likeness (QED) is 0.823. The van der Waals surface area contributed by atoms with Gasteiger partial charge in [0.25, 0.3) is 5.91 Å². The van der Waals surface area contributed by atoms with Crippen molar-refractivity contribution in [2.24, 2.45) is 5.41 Å². The molecule has 1 heterocycles. The van der Waals surface area contributed by atoms with Gasteiger partial charge in [0.2, 0.25) is 0 Å². The Hall–Kier alpha value is -2.14. The molecule has 0 aliphatic heterocycles. The fourth-order valence-electron chi connectivity index (χ4n) is 3.09. The molecule has 1 saturated carbocycles. The molecule has 0 bridgehead atoms. The van der Waals surface area contributed by atoms with Crippen LogP contribution in [0.5, 0.6) is 0 Å². The van der Waals surface area contributed by atoms with Crippen LogP contribution >= 0.6 is 0 Å². The maximum absolute atomic E-state index is 12.6. The standard InChI is InChI=1S/C22H32N4O/c1-21(2,3)14-23-19-11-18(19)15-8-7-9-16(10-15)20(27)25-17-12-24-26(13-17)22(4,5)6/h7-10,12-13,18-19,23H,11,14H2,1-6H3,(H,25,27). The van der Waals surface area contributed by atoms with Gasteiger partial charge in [-0.3, -0.25) is 9.48 Å². The Morgan fingerprint density at radius 1 is 1.22 bits per heavy atom. The molecule has 1 aromatic heterocycles. The summed E-state index contributed by atoms with van der Waals surface area (Å²) in [5, 5.41) is 10.9. The minimum absolute atomic E-state index is 0.0924. The minimum Gasteiger partial charge on any atom is -0.319 e. The van der Waals surface area contributed by atoms with Crippen LogP contribution in [0.15, 0.2) is 36.7 Å². The molecule has 5 heteroatoms. The molecule has 0 saturated heterocycles. The van der Waals surface area contributed by atoms with Crippen LogP contribution in [0.3, 0.4) is 0 Å². The van der Waals surface area contributed by atoms with Crippen LogP contribution < -0.4 is 10.6 Å². The van der Waals surface area contributed by atoms with E-state index < -0.39 is 0 Å². The lowest BCUT2D eigenvalue weighted by Crippen LogP contribution is -2.29. The summed E-state index contributed by atoms with van der Waals surface area (Å²) in [5.74, 6) is 0.411. The van der Waals surface area contributed by atoms with Gasteiger partial charge in [-0.25, -0.2) is 0 Å². The van der Waals surface area contributed by atoms with E-state index in [1.54, 1.807) is 6.20 Å². The van der Waals surface area contributed by atoms with E-state index in [-0.39, 0.29) is 16.9 Å². The second kappa shape index (κ2) is 7.12. The monoisotopic (exact) mass is 368 g/mol. The summed E-state index contributed by atoms with van der Waals surface area (Å²) < 4.78 is 1.86. The Balaban J connectivity index is 1.62. The van der Waals surface area contributed by atoms with Gasteiger partial charge in [0, 0.05) is 30.3 Å². The molecule has 0 radical (unpaired) electrons. The summed E-state index contributed by atoms with van der Waals surface area (Å²) in [4.78, 5) is 12.6. The highest BCUT2D eigenvalue weighted by atomic mass is 16.1. The highest BCUT2D eigenvalue weighted by molar-refractivity contribution is 6.04. The van der Waals surface area contributed by atoms with Gasteiger partial charge in [0.05, 0.1) is 17.4 Å². The molecule has 1 aromatic carbocycles. The fourth-order valence-corrected chi connectivity index (χ4v) is 3.09. The molecule has 0 spiro atoms. The number of carbonyl (C=O) groups is 1. The van der Waals surface area contributed by atoms with Crippen LogP contribution in [0, 0.1) is 5.41 Å². The Kier molecular flexibility index (Phi) is 5.17. The zero-order valence-electron chi connectivity index (χ0n) is 17.3. The van der Waals surface area contributed by atoms with E-state index in [2.05, 4.69) is 63.3 Å². The average molecular weight is 369 g/mol. The summed E-state index contributed by atoms with van der Waals surface area (Å²) in [6, 6.07) is 8.51. The van der Waals surface area contributed by atoms with E-state index in [9.17, 15) is 4.79 Å². The van der Waals surface area contributed by atoms with Gasteiger partial charge in [-0.05, 0) is 50.3 Å². The number of hydrogen-bond donors (Lipinski definition) is 2. The van der Waals surface area contributed by atoms with Crippen LogP contribution in [-0.4, -0.2) is 28.3 Å². The van der Waals surface area contributed by atoms with Crippen molar-refractivity contribution in [3.8, 4) is 0 Å². The van der Waals surface area contributed by atoms with Gasteiger partial charge in [-0.2, -0.15) is 5.10 Å². The SMILES string of the molecule is CC(C)(C)CNC1CC1c1cccc(C(=O)Nc2cnn(C(C)(C)C)c2)c1. The first kappa shape index (κ1) is 19.6. The summed E-state index contributed by atoms with van der Waals surface area (Å²) >= 11 is 0. The third-order valence-corrected chi connectivity index (χ3v) is 4.79. The smallest absolute Gasteiger partial charge is 0.255 e. The van der Waals surface area contributed by atoms with Crippen molar-refractivity contribution in [3.63, 3.8) is 0 Å². The molecule has 1 fully saturated rings. The number of anilines is 1. The average Bonchev–Trinajstić information content (AvgIpc) is 3.20. The van der Waals surface area contributed by atoms with Crippen molar-refractivity contribution >= 4 is 11.6 Å². The molecule has 1 aliphatic carbocycles. The van der Waals surface area contributed by atoms with Gasteiger partial charge in [-0.15, -0.1) is 0 Å². The first-order valence-electron chi connectivity index (χ1n) is 9.73. The lowest BCUT2D eigenvalue weighted by Gasteiger charge is -2.19. The lowest BCUT2D eigenvalue weighted by atomic mass is 9.97. The third kappa shape index (κ3) is 5.19. The summed E-state index contributed by atoms with van der Waals surface area (Å²) in [7, 11) is 0. The Morgan fingerprint density at radius 3 is 2.59 bits per heavy atom. The van der Waals surface area contributed by atoms with Crippen molar-refractivity contribution in [1.29, 1.82) is 0 Å². The molecule has 146 valence electrons. The number of nitrogens with one attached hydrogen (secondary N) is 2. The van der Waals surface area contributed by atoms with Crippen molar-refractivity contribution < 1.29 is 4.79 Å². The number of amides is 1. The molecule has 1 amide bonds. The van der Waals surface area contributed by atoms with E-state index in [0.717, 1.165) is 18.7 Å². The predicted molar refractivity (Wildman–Crippen MR) is 110 cm³/mol. The number of nitrogens with zero attached hydrogens (tertiary/aromatic N) is 2. The predicted octanol–water partition coefficient (Wildman–Crippen LogP) is 4.38. The molecule has 2 aromatic rings. The number of benzene rings is 1. The van der Waals surface area contributed by atoms with E-state index in [0.29, 0.717) is 17.5 Å². The number of rotatable bonds is 5. The summed E-state index contributed by atoms with van der Waals surface area (Å²) in [6.07, 6.45) is 4.70. The Labute approximate surface area is 162 Å². The maximum Gasteiger partial charge on any atom is 0.255 e. The zero-order chi connectivity index (χ0) is 19.8. The van der Waals surface area contributed by atoms with Gasteiger partial charge < -0.3 is 10.6 Å². The third-order valence-electron chi connectivity index (χ3n) is 4.79. The van der Waals surface area contributed by atoms with Gasteiger partial charge >= 0.3 is 0 Å². The van der Waals surface area contributed by atoms with Gasteiger partial charge in [-0.1, -0.05) is 32.9 Å². The molecule has 2 atom stereocenters. The maximum atomic E-state index is 12.6. The highest BCUT2D eigenvalue weighted by Gasteiger charge is 2.38. The molecule has 2 unspecified atom stereocenters. The zero-order valence-corrected chi connectivity index (χ0v) is 17.3. The topological polar surface area (TPSA) is 59.0 Å². The Bertz CT molecular complexity index is 810. The first-order chi connectivity index (χ1) is 12.5. The first-order valence-corrected chi connectivity index (χ1v) is 9.73. The molecule has 3 rings (SSSR count). The van der Waals surface area contributed by atoms with E-state index in [1.165, 1.54) is 5.56 Å². The molecule has 5 nitrogen and oxygen atoms in total. The van der Waals surface area contributed by atoms with Gasteiger partial charge in [0.15, 0.2) is 0 Å². The largest absolute Gasteiger partial charge is 0.319 e. The van der Waals surface area contributed by atoms with Crippen LogP contribution in [-0.2, 0) is 5.54 Å². The summed E-state index contributed by atoms with van der Waals surface area (Å²) in [6.45, 7) is 14.0. The number of carbonyl (C=O) groups excluding carboxylic acids is 1. The lowest BCUT2D eigenvalue weighted by molar-refractivity contribution is 0.102.